The molecule has 2 aliphatic rings. The van der Waals surface area contributed by atoms with Crippen LogP contribution in [0, 0.1) is 6.92 Å². The molecule has 2 aliphatic heterocycles. The maximum absolute atomic E-state index is 13.0. The number of hydrogen-bond donors (Lipinski definition) is 0. The van der Waals surface area contributed by atoms with Gasteiger partial charge in [0.05, 0.1) is 29.5 Å². The molecular formula is C17H21N3O3S. The summed E-state index contributed by atoms with van der Waals surface area (Å²) in [6, 6.07) is 7.37. The van der Waals surface area contributed by atoms with Crippen molar-refractivity contribution in [3.05, 3.63) is 48.5 Å². The van der Waals surface area contributed by atoms with E-state index in [2.05, 4.69) is 4.98 Å². The highest BCUT2D eigenvalue weighted by Crippen LogP contribution is 2.41. The molecule has 0 amide bonds. The van der Waals surface area contributed by atoms with E-state index in [1.54, 1.807) is 29.0 Å². The molecule has 1 aromatic heterocycles. The van der Waals surface area contributed by atoms with Gasteiger partial charge in [0, 0.05) is 31.9 Å². The lowest BCUT2D eigenvalue weighted by Crippen LogP contribution is -2.36. The molecule has 24 heavy (non-hydrogen) atoms. The first-order valence-corrected chi connectivity index (χ1v) is 9.61. The van der Waals surface area contributed by atoms with Crippen LogP contribution in [0.25, 0.3) is 0 Å². The van der Waals surface area contributed by atoms with Crippen LogP contribution in [0.1, 0.15) is 24.4 Å². The minimum absolute atomic E-state index is 0.230. The molecule has 2 fully saturated rings. The van der Waals surface area contributed by atoms with E-state index in [1.807, 2.05) is 29.8 Å². The van der Waals surface area contributed by atoms with Crippen molar-refractivity contribution < 1.29 is 13.2 Å². The van der Waals surface area contributed by atoms with Crippen LogP contribution in [-0.2, 0) is 14.8 Å². The average molecular weight is 347 g/mol. The zero-order valence-corrected chi connectivity index (χ0v) is 14.4. The van der Waals surface area contributed by atoms with E-state index in [9.17, 15) is 8.42 Å². The Balaban J connectivity index is 1.54. The van der Waals surface area contributed by atoms with Crippen molar-refractivity contribution in [2.75, 3.05) is 19.7 Å². The van der Waals surface area contributed by atoms with Gasteiger partial charge in [-0.3, -0.25) is 0 Å². The van der Waals surface area contributed by atoms with Gasteiger partial charge in [-0.25, -0.2) is 13.4 Å². The van der Waals surface area contributed by atoms with Crippen molar-refractivity contribution in [3.8, 4) is 0 Å². The van der Waals surface area contributed by atoms with E-state index >= 15 is 0 Å². The molecule has 0 saturated carbocycles. The lowest BCUT2D eigenvalue weighted by Gasteiger charge is -2.23. The normalized spacial score (nSPS) is 28.0. The number of ether oxygens (including phenoxy) is 1. The Kier molecular flexibility index (Phi) is 3.74. The summed E-state index contributed by atoms with van der Waals surface area (Å²) in [5, 5.41) is 0. The zero-order chi connectivity index (χ0) is 16.8. The predicted octanol–water partition coefficient (Wildman–Crippen LogP) is 1.99. The van der Waals surface area contributed by atoms with Gasteiger partial charge in [-0.05, 0) is 25.0 Å². The van der Waals surface area contributed by atoms with Gasteiger partial charge in [-0.1, -0.05) is 18.2 Å². The molecule has 1 aromatic carbocycles. The fourth-order valence-corrected chi connectivity index (χ4v) is 5.52. The first kappa shape index (κ1) is 15.8. The van der Waals surface area contributed by atoms with Gasteiger partial charge in [-0.2, -0.15) is 4.31 Å². The monoisotopic (exact) mass is 347 g/mol. The van der Waals surface area contributed by atoms with Gasteiger partial charge in [0.2, 0.25) is 10.0 Å². The lowest BCUT2D eigenvalue weighted by atomic mass is 9.97. The summed E-state index contributed by atoms with van der Waals surface area (Å²) < 4.78 is 35.6. The number of nitrogens with zero attached hydrogens (tertiary/aromatic N) is 3. The Morgan fingerprint density at radius 1 is 1.33 bits per heavy atom. The minimum Gasteiger partial charge on any atom is -0.371 e. The summed E-state index contributed by atoms with van der Waals surface area (Å²) >= 11 is 0. The van der Waals surface area contributed by atoms with Gasteiger partial charge < -0.3 is 9.30 Å². The van der Waals surface area contributed by atoms with Crippen molar-refractivity contribution in [2.45, 2.75) is 36.3 Å². The molecule has 4 rings (SSSR count). The summed E-state index contributed by atoms with van der Waals surface area (Å²) in [5.74, 6) is 0. The third-order valence-electron chi connectivity index (χ3n) is 5.13. The highest BCUT2D eigenvalue weighted by Gasteiger charge is 2.49. The Labute approximate surface area is 142 Å². The molecule has 0 bridgehead atoms. The molecule has 6 nitrogen and oxygen atoms in total. The quantitative estimate of drug-likeness (QED) is 0.852. The Hall–Kier alpha value is -1.70. The Morgan fingerprint density at radius 2 is 2.17 bits per heavy atom. The molecule has 0 N–H and O–H groups in total. The van der Waals surface area contributed by atoms with E-state index in [4.69, 9.17) is 4.74 Å². The number of aryl methyl sites for hydroxylation is 1. The van der Waals surface area contributed by atoms with Crippen LogP contribution in [0.2, 0.25) is 0 Å². The molecule has 7 heteroatoms. The average Bonchev–Trinajstić information content (AvgIpc) is 3.29. The second kappa shape index (κ2) is 5.68. The summed E-state index contributed by atoms with van der Waals surface area (Å²) in [5.41, 5.74) is 0.409. The van der Waals surface area contributed by atoms with Crippen LogP contribution in [0.15, 0.2) is 47.9 Å². The molecule has 128 valence electrons. The fraction of sp³-hybridized carbons (Fsp3) is 0.471. The number of rotatable bonds is 3. The van der Waals surface area contributed by atoms with Crippen LogP contribution in [0.5, 0.6) is 0 Å². The number of benzene rings is 1. The van der Waals surface area contributed by atoms with Gasteiger partial charge in [0.15, 0.2) is 0 Å². The van der Waals surface area contributed by atoms with E-state index in [0.29, 0.717) is 24.6 Å². The molecule has 0 radical (unpaired) electrons. The lowest BCUT2D eigenvalue weighted by molar-refractivity contribution is 0.0165. The third kappa shape index (κ3) is 2.56. The molecule has 2 aromatic rings. The van der Waals surface area contributed by atoms with Crippen molar-refractivity contribution in [1.82, 2.24) is 13.9 Å². The highest BCUT2D eigenvalue weighted by atomic mass is 32.2. The Bertz CT molecular complexity index is 835. The fourth-order valence-electron chi connectivity index (χ4n) is 3.78. The van der Waals surface area contributed by atoms with E-state index in [1.165, 1.54) is 0 Å². The SMILES string of the molecule is Cc1ccccc1S(=O)(=O)N1CCC2(CC(n3ccnc3)CO2)C1. The molecular weight excluding hydrogens is 326 g/mol. The number of aromatic nitrogens is 2. The van der Waals surface area contributed by atoms with E-state index in [-0.39, 0.29) is 11.6 Å². The molecule has 1 spiro atoms. The molecule has 2 saturated heterocycles. The number of imidazole rings is 1. The van der Waals surface area contributed by atoms with Crippen LogP contribution in [0.4, 0.5) is 0 Å². The smallest absolute Gasteiger partial charge is 0.243 e. The summed E-state index contributed by atoms with van der Waals surface area (Å²) in [6.45, 7) is 3.37. The largest absolute Gasteiger partial charge is 0.371 e. The minimum atomic E-state index is -3.47. The maximum Gasteiger partial charge on any atom is 0.243 e. The third-order valence-corrected chi connectivity index (χ3v) is 7.13. The number of hydrogen-bond acceptors (Lipinski definition) is 4. The molecule has 3 heterocycles. The molecule has 2 atom stereocenters. The predicted molar refractivity (Wildman–Crippen MR) is 89.1 cm³/mol. The van der Waals surface area contributed by atoms with Crippen LogP contribution in [0.3, 0.4) is 0 Å². The Morgan fingerprint density at radius 3 is 2.92 bits per heavy atom. The topological polar surface area (TPSA) is 64.4 Å². The van der Waals surface area contributed by atoms with E-state index < -0.39 is 10.0 Å². The van der Waals surface area contributed by atoms with Crippen molar-refractivity contribution in [3.63, 3.8) is 0 Å². The van der Waals surface area contributed by atoms with E-state index in [0.717, 1.165) is 18.4 Å². The second-order valence-corrected chi connectivity index (χ2v) is 8.62. The van der Waals surface area contributed by atoms with Crippen molar-refractivity contribution in [1.29, 1.82) is 0 Å². The van der Waals surface area contributed by atoms with Crippen LogP contribution < -0.4 is 0 Å². The van der Waals surface area contributed by atoms with Gasteiger partial charge in [0.25, 0.3) is 0 Å². The molecule has 0 aliphatic carbocycles. The van der Waals surface area contributed by atoms with Gasteiger partial charge in [0.1, 0.15) is 0 Å². The summed E-state index contributed by atoms with van der Waals surface area (Å²) in [4.78, 5) is 4.48. The standard InChI is InChI=1S/C17H21N3O3S/c1-14-4-2-3-5-16(14)24(21,22)20-8-6-17(12-20)10-15(11-23-17)19-9-7-18-13-19/h2-5,7,9,13,15H,6,8,10-12H2,1H3. The number of sulfonamides is 1. The zero-order valence-electron chi connectivity index (χ0n) is 13.6. The maximum atomic E-state index is 13.0. The van der Waals surface area contributed by atoms with Crippen LogP contribution >= 0.6 is 0 Å². The summed E-state index contributed by atoms with van der Waals surface area (Å²) in [7, 11) is -3.47. The highest BCUT2D eigenvalue weighted by molar-refractivity contribution is 7.89. The van der Waals surface area contributed by atoms with Gasteiger partial charge in [-0.15, -0.1) is 0 Å². The molecule has 2 unspecified atom stereocenters. The van der Waals surface area contributed by atoms with Crippen LogP contribution in [-0.4, -0.2) is 47.6 Å². The first-order chi connectivity index (χ1) is 11.5. The van der Waals surface area contributed by atoms with Gasteiger partial charge >= 0.3 is 0 Å². The first-order valence-electron chi connectivity index (χ1n) is 8.17. The van der Waals surface area contributed by atoms with Crippen molar-refractivity contribution in [2.24, 2.45) is 0 Å². The summed E-state index contributed by atoms with van der Waals surface area (Å²) in [6.07, 6.45) is 7.05. The van der Waals surface area contributed by atoms with Crippen molar-refractivity contribution >= 4 is 10.0 Å². The second-order valence-electron chi connectivity index (χ2n) is 6.72.